The maximum atomic E-state index is 11.1. The number of aliphatic hydroxyl groups excluding tert-OH is 1. The van der Waals surface area contributed by atoms with Gasteiger partial charge in [0.2, 0.25) is 5.91 Å². The number of amides is 1. The predicted molar refractivity (Wildman–Crippen MR) is 71.0 cm³/mol. The summed E-state index contributed by atoms with van der Waals surface area (Å²) in [4.78, 5) is 13.2. The fourth-order valence-electron chi connectivity index (χ4n) is 2.45. The monoisotopic (exact) mass is 267 g/mol. The third-order valence-corrected chi connectivity index (χ3v) is 3.51. The first-order chi connectivity index (χ1) is 9.04. The van der Waals surface area contributed by atoms with E-state index in [2.05, 4.69) is 10.00 Å². The van der Waals surface area contributed by atoms with E-state index in [0.29, 0.717) is 18.8 Å². The van der Waals surface area contributed by atoms with E-state index >= 15 is 0 Å². The Bertz CT molecular complexity index is 426. The Balaban J connectivity index is 1.74. The third kappa shape index (κ3) is 3.93. The lowest BCUT2D eigenvalue weighted by molar-refractivity contribution is -0.123. The molecule has 7 heteroatoms. The van der Waals surface area contributed by atoms with Crippen LogP contribution in [0, 0.1) is 5.92 Å². The largest absolute Gasteiger partial charge is 0.396 e. The summed E-state index contributed by atoms with van der Waals surface area (Å²) in [7, 11) is 0. The highest BCUT2D eigenvalue weighted by Crippen LogP contribution is 2.16. The highest BCUT2D eigenvalue weighted by Gasteiger charge is 2.24. The van der Waals surface area contributed by atoms with Gasteiger partial charge in [-0.05, 0) is 25.9 Å². The molecule has 0 radical (unpaired) electrons. The standard InChI is InChI=1S/C12H21N5O2/c13-10-5-15-17(6-10)8-11(18)7-16-3-1-9(2-4-16)12(14)19/h5-6,9,11,18H,1-4,7-8,13H2,(H2,14,19). The Labute approximate surface area is 112 Å². The van der Waals surface area contributed by atoms with Crippen molar-refractivity contribution in [2.45, 2.75) is 25.5 Å². The van der Waals surface area contributed by atoms with Gasteiger partial charge in [-0.3, -0.25) is 9.48 Å². The summed E-state index contributed by atoms with van der Waals surface area (Å²) in [5.74, 6) is -0.230. The molecule has 1 fully saturated rings. The van der Waals surface area contributed by atoms with Crippen LogP contribution < -0.4 is 11.5 Å². The molecule has 1 unspecified atom stereocenters. The number of aliphatic hydroxyl groups is 1. The number of nitrogens with two attached hydrogens (primary N) is 2. The zero-order chi connectivity index (χ0) is 13.8. The molecule has 0 aliphatic carbocycles. The van der Waals surface area contributed by atoms with E-state index in [1.807, 2.05) is 0 Å². The van der Waals surface area contributed by atoms with Gasteiger partial charge in [-0.15, -0.1) is 0 Å². The average Bonchev–Trinajstić information content (AvgIpc) is 2.75. The van der Waals surface area contributed by atoms with E-state index in [0.717, 1.165) is 25.9 Å². The third-order valence-electron chi connectivity index (χ3n) is 3.51. The molecule has 2 heterocycles. The van der Waals surface area contributed by atoms with E-state index in [9.17, 15) is 9.90 Å². The summed E-state index contributed by atoms with van der Waals surface area (Å²) in [6.45, 7) is 2.59. The number of β-amino-alcohol motifs (C(OH)–C–C–N with tert-alkyl or cyclic N) is 1. The van der Waals surface area contributed by atoms with E-state index in [1.165, 1.54) is 0 Å². The van der Waals surface area contributed by atoms with Crippen LogP contribution in [0.5, 0.6) is 0 Å². The number of rotatable bonds is 5. The van der Waals surface area contributed by atoms with Crippen molar-refractivity contribution in [1.29, 1.82) is 0 Å². The molecule has 5 N–H and O–H groups in total. The molecular weight excluding hydrogens is 246 g/mol. The Morgan fingerprint density at radius 1 is 1.47 bits per heavy atom. The van der Waals surface area contributed by atoms with Crippen molar-refractivity contribution in [3.63, 3.8) is 0 Å². The molecule has 0 spiro atoms. The van der Waals surface area contributed by atoms with E-state index in [4.69, 9.17) is 11.5 Å². The number of carbonyl (C=O) groups is 1. The first-order valence-corrected chi connectivity index (χ1v) is 6.52. The van der Waals surface area contributed by atoms with Crippen molar-refractivity contribution in [1.82, 2.24) is 14.7 Å². The van der Waals surface area contributed by atoms with Crippen LogP contribution in [-0.2, 0) is 11.3 Å². The van der Waals surface area contributed by atoms with E-state index in [-0.39, 0.29) is 11.8 Å². The van der Waals surface area contributed by atoms with Crippen molar-refractivity contribution in [3.05, 3.63) is 12.4 Å². The Hall–Kier alpha value is -1.60. The second-order valence-electron chi connectivity index (χ2n) is 5.13. The number of hydrogen-bond acceptors (Lipinski definition) is 5. The molecular formula is C12H21N5O2. The molecule has 1 aliphatic rings. The molecule has 19 heavy (non-hydrogen) atoms. The SMILES string of the molecule is NC(=O)C1CCN(CC(O)Cn2cc(N)cn2)CC1. The number of hydrogen-bond donors (Lipinski definition) is 3. The zero-order valence-electron chi connectivity index (χ0n) is 10.9. The van der Waals surface area contributed by atoms with Crippen LogP contribution in [0.4, 0.5) is 5.69 Å². The second kappa shape index (κ2) is 6.03. The normalized spacial score (nSPS) is 19.4. The number of likely N-dealkylation sites (tertiary alicyclic amines) is 1. The second-order valence-corrected chi connectivity index (χ2v) is 5.13. The van der Waals surface area contributed by atoms with E-state index in [1.54, 1.807) is 17.1 Å². The van der Waals surface area contributed by atoms with Crippen molar-refractivity contribution in [2.75, 3.05) is 25.4 Å². The average molecular weight is 267 g/mol. The molecule has 1 amide bonds. The molecule has 1 saturated heterocycles. The minimum atomic E-state index is -0.496. The van der Waals surface area contributed by atoms with Gasteiger partial charge in [0.1, 0.15) is 0 Å². The Morgan fingerprint density at radius 3 is 2.68 bits per heavy atom. The molecule has 1 atom stereocenters. The molecule has 7 nitrogen and oxygen atoms in total. The van der Waals surface area contributed by atoms with Gasteiger partial charge in [0.25, 0.3) is 0 Å². The lowest BCUT2D eigenvalue weighted by atomic mass is 9.96. The maximum absolute atomic E-state index is 11.1. The summed E-state index contributed by atoms with van der Waals surface area (Å²) in [6.07, 6.45) is 4.31. The minimum absolute atomic E-state index is 0.0145. The topological polar surface area (TPSA) is 110 Å². The summed E-state index contributed by atoms with van der Waals surface area (Å²) in [5, 5.41) is 14.0. The van der Waals surface area contributed by atoms with Crippen molar-refractivity contribution < 1.29 is 9.90 Å². The number of nitrogen functional groups attached to an aromatic ring is 1. The van der Waals surface area contributed by atoms with Crippen LogP contribution in [0.2, 0.25) is 0 Å². The van der Waals surface area contributed by atoms with Crippen LogP contribution in [-0.4, -0.2) is 51.4 Å². The molecule has 0 bridgehead atoms. The smallest absolute Gasteiger partial charge is 0.220 e. The van der Waals surface area contributed by atoms with Crippen LogP contribution >= 0.6 is 0 Å². The maximum Gasteiger partial charge on any atom is 0.220 e. The fraction of sp³-hybridized carbons (Fsp3) is 0.667. The summed E-state index contributed by atoms with van der Waals surface area (Å²) in [5.41, 5.74) is 11.4. The predicted octanol–water partition coefficient (Wildman–Crippen LogP) is -0.976. The Kier molecular flexibility index (Phi) is 4.39. The highest BCUT2D eigenvalue weighted by atomic mass is 16.3. The lowest BCUT2D eigenvalue weighted by Crippen LogP contribution is -2.42. The molecule has 1 aromatic heterocycles. The number of primary amides is 1. The zero-order valence-corrected chi connectivity index (χ0v) is 10.9. The minimum Gasteiger partial charge on any atom is -0.396 e. The van der Waals surface area contributed by atoms with Gasteiger partial charge in [-0.25, -0.2) is 0 Å². The van der Waals surface area contributed by atoms with Crippen LogP contribution in [0.3, 0.4) is 0 Å². The van der Waals surface area contributed by atoms with Gasteiger partial charge >= 0.3 is 0 Å². The summed E-state index contributed by atoms with van der Waals surface area (Å²) >= 11 is 0. The number of aromatic nitrogens is 2. The Morgan fingerprint density at radius 2 is 2.16 bits per heavy atom. The van der Waals surface area contributed by atoms with Gasteiger partial charge in [0, 0.05) is 18.7 Å². The summed E-state index contributed by atoms with van der Waals surface area (Å²) in [6, 6.07) is 0. The molecule has 2 rings (SSSR count). The number of anilines is 1. The van der Waals surface area contributed by atoms with Crippen LogP contribution in [0.15, 0.2) is 12.4 Å². The fourth-order valence-corrected chi connectivity index (χ4v) is 2.45. The van der Waals surface area contributed by atoms with E-state index < -0.39 is 6.10 Å². The molecule has 106 valence electrons. The first-order valence-electron chi connectivity index (χ1n) is 6.52. The van der Waals surface area contributed by atoms with Gasteiger partial charge < -0.3 is 21.5 Å². The first kappa shape index (κ1) is 13.8. The quantitative estimate of drug-likeness (QED) is 0.635. The molecule has 0 saturated carbocycles. The molecule has 0 aromatic carbocycles. The van der Waals surface area contributed by atoms with Crippen LogP contribution in [0.25, 0.3) is 0 Å². The number of nitrogens with zero attached hydrogens (tertiary/aromatic N) is 3. The van der Waals surface area contributed by atoms with Crippen molar-refractivity contribution >= 4 is 11.6 Å². The van der Waals surface area contributed by atoms with Gasteiger partial charge in [0.05, 0.1) is 24.5 Å². The molecule has 1 aromatic rings. The van der Waals surface area contributed by atoms with Crippen molar-refractivity contribution in [3.8, 4) is 0 Å². The molecule has 1 aliphatic heterocycles. The van der Waals surface area contributed by atoms with Gasteiger partial charge in [-0.2, -0.15) is 5.10 Å². The lowest BCUT2D eigenvalue weighted by Gasteiger charge is -2.31. The van der Waals surface area contributed by atoms with Crippen LogP contribution in [0.1, 0.15) is 12.8 Å². The van der Waals surface area contributed by atoms with Crippen molar-refractivity contribution in [2.24, 2.45) is 11.7 Å². The highest BCUT2D eigenvalue weighted by molar-refractivity contribution is 5.76. The summed E-state index contributed by atoms with van der Waals surface area (Å²) < 4.78 is 1.64. The van der Waals surface area contributed by atoms with Gasteiger partial charge in [0.15, 0.2) is 0 Å². The number of piperidine rings is 1. The van der Waals surface area contributed by atoms with Gasteiger partial charge in [-0.1, -0.05) is 0 Å². The number of carbonyl (C=O) groups excluding carboxylic acids is 1.